The number of anilines is 1. The third kappa shape index (κ3) is 4.51. The van der Waals surface area contributed by atoms with E-state index in [0.29, 0.717) is 31.5 Å². The van der Waals surface area contributed by atoms with Crippen LogP contribution in [0.3, 0.4) is 0 Å². The van der Waals surface area contributed by atoms with Crippen LogP contribution in [0.25, 0.3) is 10.2 Å². The Morgan fingerprint density at radius 2 is 2.31 bits per heavy atom. The van der Waals surface area contributed by atoms with Gasteiger partial charge in [-0.3, -0.25) is 9.69 Å². The number of aryl methyl sites for hydroxylation is 1. The van der Waals surface area contributed by atoms with Crippen molar-refractivity contribution in [1.82, 2.24) is 14.5 Å². The van der Waals surface area contributed by atoms with Crippen LogP contribution in [0.15, 0.2) is 48.9 Å². The lowest BCUT2D eigenvalue weighted by Crippen LogP contribution is -2.35. The second-order valence-electron chi connectivity index (χ2n) is 6.37. The van der Waals surface area contributed by atoms with Gasteiger partial charge in [-0.25, -0.2) is 9.97 Å². The third-order valence-electron chi connectivity index (χ3n) is 4.35. The van der Waals surface area contributed by atoms with Crippen LogP contribution in [0.4, 0.5) is 5.13 Å². The first-order valence-electron chi connectivity index (χ1n) is 9.50. The summed E-state index contributed by atoms with van der Waals surface area (Å²) in [6.45, 7) is 4.59. The molecule has 0 spiro atoms. The van der Waals surface area contributed by atoms with Crippen molar-refractivity contribution in [1.29, 1.82) is 0 Å². The number of hydrogen-bond donors (Lipinski definition) is 0. The van der Waals surface area contributed by atoms with Crippen molar-refractivity contribution >= 4 is 32.6 Å². The number of hydrogen-bond acceptors (Lipinski definition) is 7. The van der Waals surface area contributed by atoms with Gasteiger partial charge in [0.05, 0.1) is 23.2 Å². The molecule has 0 unspecified atom stereocenters. The van der Waals surface area contributed by atoms with Gasteiger partial charge in [-0.1, -0.05) is 11.3 Å². The van der Waals surface area contributed by atoms with Gasteiger partial charge in [0.25, 0.3) is 5.91 Å². The van der Waals surface area contributed by atoms with Gasteiger partial charge in [-0.15, -0.1) is 0 Å². The molecule has 1 aliphatic heterocycles. The molecule has 9 heteroatoms. The predicted molar refractivity (Wildman–Crippen MR) is 110 cm³/mol. The first kappa shape index (κ1) is 19.3. The number of amides is 1. The van der Waals surface area contributed by atoms with Gasteiger partial charge in [0.2, 0.25) is 5.76 Å². The van der Waals surface area contributed by atoms with Gasteiger partial charge in [0, 0.05) is 25.5 Å². The molecule has 0 N–H and O–H groups in total. The molecule has 3 heterocycles. The summed E-state index contributed by atoms with van der Waals surface area (Å²) in [7, 11) is 0. The summed E-state index contributed by atoms with van der Waals surface area (Å²) in [4.78, 5) is 23.5. The Bertz CT molecular complexity index is 999. The van der Waals surface area contributed by atoms with Crippen LogP contribution in [-0.2, 0) is 20.8 Å². The van der Waals surface area contributed by atoms with Crippen molar-refractivity contribution in [3.8, 4) is 5.75 Å². The lowest BCUT2D eigenvalue weighted by molar-refractivity contribution is -0.119. The zero-order chi connectivity index (χ0) is 20.1. The lowest BCUT2D eigenvalue weighted by atomic mass is 10.3. The maximum atomic E-state index is 13.1. The molecule has 3 aromatic rings. The van der Waals surface area contributed by atoms with E-state index in [1.54, 1.807) is 17.4 Å². The van der Waals surface area contributed by atoms with E-state index in [2.05, 4.69) is 9.97 Å². The van der Waals surface area contributed by atoms with Crippen molar-refractivity contribution in [2.24, 2.45) is 0 Å². The molecular weight excluding hydrogens is 392 g/mol. The maximum Gasteiger partial charge on any atom is 0.298 e. The van der Waals surface area contributed by atoms with E-state index in [4.69, 9.17) is 14.2 Å². The first-order valence-corrected chi connectivity index (χ1v) is 10.3. The van der Waals surface area contributed by atoms with Crippen LogP contribution in [0, 0.1) is 0 Å². The summed E-state index contributed by atoms with van der Waals surface area (Å²) in [5.74, 6) is 0.743. The maximum absolute atomic E-state index is 13.1. The average Bonchev–Trinajstić information content (AvgIpc) is 3.41. The molecule has 29 heavy (non-hydrogen) atoms. The largest absolute Gasteiger partial charge is 0.494 e. The first-order chi connectivity index (χ1) is 14.2. The van der Waals surface area contributed by atoms with Gasteiger partial charge in [0.1, 0.15) is 25.2 Å². The predicted octanol–water partition coefficient (Wildman–Crippen LogP) is 3.20. The summed E-state index contributed by atoms with van der Waals surface area (Å²) in [5.41, 5.74) is 0.829. The second-order valence-corrected chi connectivity index (χ2v) is 7.38. The van der Waals surface area contributed by atoms with Gasteiger partial charge in [-0.2, -0.15) is 0 Å². The van der Waals surface area contributed by atoms with Crippen LogP contribution in [0.5, 0.6) is 5.75 Å². The highest BCUT2D eigenvalue weighted by Gasteiger charge is 2.26. The highest BCUT2D eigenvalue weighted by Crippen LogP contribution is 2.32. The van der Waals surface area contributed by atoms with Gasteiger partial charge >= 0.3 is 0 Å². The Morgan fingerprint density at radius 1 is 1.38 bits per heavy atom. The number of imidazole rings is 1. The molecule has 1 aliphatic rings. The van der Waals surface area contributed by atoms with Gasteiger partial charge in [-0.05, 0) is 31.5 Å². The second kappa shape index (κ2) is 8.95. The number of fused-ring (bicyclic) bond motifs is 1. The highest BCUT2D eigenvalue weighted by atomic mass is 32.1. The molecule has 0 atom stereocenters. The minimum Gasteiger partial charge on any atom is -0.494 e. The van der Waals surface area contributed by atoms with Crippen LogP contribution in [0.1, 0.15) is 13.3 Å². The SMILES string of the molecule is CCOc1ccc2nc(N(CCCn3ccnc3)C(=O)C3=COCCO3)sc2c1. The van der Waals surface area contributed by atoms with E-state index < -0.39 is 0 Å². The summed E-state index contributed by atoms with van der Waals surface area (Å²) >= 11 is 1.46. The summed E-state index contributed by atoms with van der Waals surface area (Å²) in [6, 6.07) is 5.75. The standard InChI is InChI=1S/C20H22N4O4S/c1-2-27-15-4-5-16-18(12-15)29-20(22-16)24(8-3-7-23-9-6-21-14-23)19(25)17-13-26-10-11-28-17/h4-6,9,12-14H,2-3,7-8,10-11H2,1H3. The van der Waals surface area contributed by atoms with Crippen molar-refractivity contribution in [2.75, 3.05) is 31.3 Å². The fraction of sp³-hybridized carbons (Fsp3) is 0.350. The molecule has 0 saturated heterocycles. The van der Waals surface area contributed by atoms with E-state index in [9.17, 15) is 4.79 Å². The lowest BCUT2D eigenvalue weighted by Gasteiger charge is -2.23. The number of benzene rings is 1. The van der Waals surface area contributed by atoms with Gasteiger partial charge in [0.15, 0.2) is 5.13 Å². The fourth-order valence-corrected chi connectivity index (χ4v) is 4.01. The number of rotatable bonds is 8. The summed E-state index contributed by atoms with van der Waals surface area (Å²) in [6.07, 6.45) is 7.54. The van der Waals surface area contributed by atoms with E-state index in [0.717, 1.165) is 28.9 Å². The Kier molecular flexibility index (Phi) is 5.95. The van der Waals surface area contributed by atoms with Crippen LogP contribution >= 0.6 is 11.3 Å². The van der Waals surface area contributed by atoms with Gasteiger partial charge < -0.3 is 18.8 Å². The van der Waals surface area contributed by atoms with Crippen molar-refractivity contribution < 1.29 is 19.0 Å². The molecule has 1 aromatic carbocycles. The van der Waals surface area contributed by atoms with Crippen molar-refractivity contribution in [2.45, 2.75) is 19.9 Å². The molecule has 4 rings (SSSR count). The van der Waals surface area contributed by atoms with Crippen molar-refractivity contribution in [3.63, 3.8) is 0 Å². The fourth-order valence-electron chi connectivity index (χ4n) is 2.99. The number of thiazole rings is 1. The Morgan fingerprint density at radius 3 is 3.07 bits per heavy atom. The van der Waals surface area contributed by atoms with Crippen molar-refractivity contribution in [3.05, 3.63) is 48.9 Å². The number of carbonyl (C=O) groups excluding carboxylic acids is 1. The molecular formula is C20H22N4O4S. The molecule has 0 saturated carbocycles. The molecule has 2 aromatic heterocycles. The monoisotopic (exact) mass is 414 g/mol. The highest BCUT2D eigenvalue weighted by molar-refractivity contribution is 7.22. The van der Waals surface area contributed by atoms with Crippen LogP contribution in [0.2, 0.25) is 0 Å². The Labute approximate surface area is 172 Å². The molecule has 0 fully saturated rings. The topological polar surface area (TPSA) is 78.7 Å². The third-order valence-corrected chi connectivity index (χ3v) is 5.39. The molecule has 8 nitrogen and oxygen atoms in total. The average molecular weight is 414 g/mol. The number of carbonyl (C=O) groups is 1. The minimum absolute atomic E-state index is 0.202. The molecule has 0 bridgehead atoms. The number of aromatic nitrogens is 3. The number of nitrogens with zero attached hydrogens (tertiary/aromatic N) is 4. The van der Waals surface area contributed by atoms with Crippen LogP contribution < -0.4 is 9.64 Å². The quantitative estimate of drug-likeness (QED) is 0.563. The Hall–Kier alpha value is -3.07. The minimum atomic E-state index is -0.251. The molecule has 0 radical (unpaired) electrons. The number of ether oxygens (including phenoxy) is 3. The zero-order valence-electron chi connectivity index (χ0n) is 16.1. The molecule has 0 aliphatic carbocycles. The molecule has 152 valence electrons. The summed E-state index contributed by atoms with van der Waals surface area (Å²) < 4.78 is 19.3. The van der Waals surface area contributed by atoms with Crippen LogP contribution in [-0.4, -0.2) is 46.8 Å². The van der Waals surface area contributed by atoms with E-state index >= 15 is 0 Å². The molecule has 1 amide bonds. The van der Waals surface area contributed by atoms with E-state index in [-0.39, 0.29) is 11.7 Å². The zero-order valence-corrected chi connectivity index (χ0v) is 16.9. The summed E-state index contributed by atoms with van der Waals surface area (Å²) in [5, 5.41) is 0.624. The van der Waals surface area contributed by atoms with E-state index in [1.807, 2.05) is 35.9 Å². The Balaban J connectivity index is 1.58. The normalized spacial score (nSPS) is 13.5. The van der Waals surface area contributed by atoms with E-state index in [1.165, 1.54) is 17.6 Å². The smallest absolute Gasteiger partial charge is 0.298 e.